The lowest BCUT2D eigenvalue weighted by Crippen LogP contribution is -2.14. The van der Waals surface area contributed by atoms with Crippen LogP contribution in [0.15, 0.2) is 61.6 Å². The molecule has 0 bridgehead atoms. The van der Waals surface area contributed by atoms with Crippen molar-refractivity contribution in [2.45, 2.75) is 13.3 Å². The number of hydrogen-bond donors (Lipinski definition) is 3. The van der Waals surface area contributed by atoms with Crippen molar-refractivity contribution in [3.63, 3.8) is 0 Å². The van der Waals surface area contributed by atoms with E-state index in [1.807, 2.05) is 42.4 Å². The molecule has 0 unspecified atom stereocenters. The molecule has 0 atom stereocenters. The van der Waals surface area contributed by atoms with Crippen molar-refractivity contribution in [3.8, 4) is 11.1 Å². The van der Waals surface area contributed by atoms with E-state index in [1.165, 1.54) is 17.2 Å². The first-order chi connectivity index (χ1) is 15.2. The third-order valence-corrected chi connectivity index (χ3v) is 4.90. The van der Waals surface area contributed by atoms with Crippen molar-refractivity contribution >= 4 is 22.8 Å². The van der Waals surface area contributed by atoms with Gasteiger partial charge in [0, 0.05) is 25.0 Å². The summed E-state index contributed by atoms with van der Waals surface area (Å²) in [7, 11) is 1.91. The van der Waals surface area contributed by atoms with Crippen LogP contribution in [-0.2, 0) is 20.3 Å². The van der Waals surface area contributed by atoms with Gasteiger partial charge in [0.05, 0.1) is 18.1 Å². The molecule has 0 saturated heterocycles. The van der Waals surface area contributed by atoms with Gasteiger partial charge in [-0.3, -0.25) is 9.25 Å². The normalized spacial score (nSPS) is 11.2. The second-order valence-corrected chi connectivity index (χ2v) is 6.97. The molecule has 0 fully saturated rings. The Hall–Kier alpha value is -4.25. The van der Waals surface area contributed by atoms with Gasteiger partial charge in [-0.2, -0.15) is 5.10 Å². The Morgan fingerprint density at radius 1 is 1.13 bits per heavy atom. The monoisotopic (exact) mass is 416 g/mol. The predicted octanol–water partition coefficient (Wildman–Crippen LogP) is 1.86. The first kappa shape index (κ1) is 18.8. The first-order valence-corrected chi connectivity index (χ1v) is 9.61. The maximum atomic E-state index is 9.37. The number of aryl methyl sites for hydroxylation is 1. The number of fused-ring (bicyclic) bond motifs is 1. The summed E-state index contributed by atoms with van der Waals surface area (Å²) in [6.45, 7) is 0.383. The van der Waals surface area contributed by atoms with Crippen LogP contribution in [0.25, 0.3) is 22.2 Å². The fourth-order valence-corrected chi connectivity index (χ4v) is 3.35. The number of aliphatic hydroxyl groups is 1. The molecule has 5 rings (SSSR count). The highest BCUT2D eigenvalue weighted by Gasteiger charge is 2.11. The summed E-state index contributed by atoms with van der Waals surface area (Å²) in [5.41, 5.74) is 7.43. The van der Waals surface area contributed by atoms with Crippen molar-refractivity contribution < 1.29 is 5.11 Å². The Kier molecular flexibility index (Phi) is 4.77. The van der Waals surface area contributed by atoms with E-state index in [2.05, 4.69) is 54.2 Å². The van der Waals surface area contributed by atoms with Gasteiger partial charge in [0.25, 0.3) is 0 Å². The van der Waals surface area contributed by atoms with Crippen molar-refractivity contribution in [1.82, 2.24) is 39.2 Å². The van der Waals surface area contributed by atoms with Crippen LogP contribution < -0.4 is 10.7 Å². The van der Waals surface area contributed by atoms with Crippen LogP contribution in [0.3, 0.4) is 0 Å². The molecule has 11 nitrogen and oxygen atoms in total. The number of nitrogens with one attached hydrogen (secondary N) is 2. The highest BCUT2D eigenvalue weighted by atomic mass is 16.3. The van der Waals surface area contributed by atoms with Crippen LogP contribution in [-0.4, -0.2) is 44.3 Å². The third-order valence-electron chi connectivity index (χ3n) is 4.90. The van der Waals surface area contributed by atoms with Gasteiger partial charge in [0.2, 0.25) is 5.95 Å². The minimum absolute atomic E-state index is 0.232. The van der Waals surface area contributed by atoms with E-state index in [4.69, 9.17) is 0 Å². The van der Waals surface area contributed by atoms with Gasteiger partial charge in [-0.25, -0.2) is 14.6 Å². The number of aliphatic hydroxyl groups excluding tert-OH is 1. The Balaban J connectivity index is 1.36. The van der Waals surface area contributed by atoms with Crippen LogP contribution in [0.1, 0.15) is 5.56 Å². The topological polar surface area (TPSA) is 124 Å². The van der Waals surface area contributed by atoms with Crippen LogP contribution >= 0.6 is 0 Å². The minimum atomic E-state index is -0.232. The van der Waals surface area contributed by atoms with E-state index >= 15 is 0 Å². The zero-order valence-electron chi connectivity index (χ0n) is 16.7. The Morgan fingerprint density at radius 3 is 2.90 bits per heavy atom. The summed E-state index contributed by atoms with van der Waals surface area (Å²) in [5.74, 6) is 0.974. The molecule has 0 amide bonds. The fraction of sp³-hybridized carbons (Fsp3) is 0.150. The zero-order valence-corrected chi connectivity index (χ0v) is 16.7. The predicted molar refractivity (Wildman–Crippen MR) is 115 cm³/mol. The lowest BCUT2D eigenvalue weighted by molar-refractivity contribution is 0.212. The van der Waals surface area contributed by atoms with Crippen LogP contribution in [0.4, 0.5) is 11.8 Å². The molecule has 4 aromatic heterocycles. The Labute approximate surface area is 177 Å². The summed E-state index contributed by atoms with van der Waals surface area (Å²) in [5, 5.41) is 25.3. The Bertz CT molecular complexity index is 1330. The average molecular weight is 416 g/mol. The first-order valence-electron chi connectivity index (χ1n) is 9.61. The van der Waals surface area contributed by atoms with Crippen molar-refractivity contribution in [3.05, 3.63) is 67.1 Å². The molecule has 11 heteroatoms. The van der Waals surface area contributed by atoms with Crippen molar-refractivity contribution in [1.29, 1.82) is 0 Å². The maximum absolute atomic E-state index is 9.37. The summed E-state index contributed by atoms with van der Waals surface area (Å²) in [6, 6.07) is 10.2. The highest BCUT2D eigenvalue weighted by molar-refractivity contribution is 5.88. The molecule has 4 heterocycles. The number of hydrogen-bond acceptors (Lipinski definition) is 8. The summed E-state index contributed by atoms with van der Waals surface area (Å²) in [4.78, 5) is 8.70. The molecule has 5 aromatic rings. The summed E-state index contributed by atoms with van der Waals surface area (Å²) in [6.07, 6.45) is 8.66. The second kappa shape index (κ2) is 7.88. The molecule has 0 radical (unpaired) electrons. The molecule has 0 aliphatic rings. The van der Waals surface area contributed by atoms with Gasteiger partial charge in [0.15, 0.2) is 5.65 Å². The van der Waals surface area contributed by atoms with E-state index in [-0.39, 0.29) is 6.73 Å². The lowest BCUT2D eigenvalue weighted by Gasteiger charge is -2.11. The molecular weight excluding hydrogens is 396 g/mol. The maximum Gasteiger partial charge on any atom is 0.231 e. The van der Waals surface area contributed by atoms with E-state index in [1.54, 1.807) is 4.68 Å². The van der Waals surface area contributed by atoms with E-state index in [9.17, 15) is 5.11 Å². The number of aromatic nitrogens is 8. The molecular formula is C20H20N10O. The second-order valence-electron chi connectivity index (χ2n) is 6.97. The summed E-state index contributed by atoms with van der Waals surface area (Å²) >= 11 is 0. The smallest absolute Gasteiger partial charge is 0.231 e. The van der Waals surface area contributed by atoms with E-state index in [0.29, 0.717) is 18.3 Å². The van der Waals surface area contributed by atoms with E-state index in [0.717, 1.165) is 27.7 Å². The number of nitrogens with zero attached hydrogens (tertiary/aromatic N) is 8. The number of rotatable bonds is 7. The number of benzene rings is 1. The lowest BCUT2D eigenvalue weighted by atomic mass is 10.1. The molecule has 31 heavy (non-hydrogen) atoms. The van der Waals surface area contributed by atoms with Gasteiger partial charge < -0.3 is 15.8 Å². The fourth-order valence-electron chi connectivity index (χ4n) is 3.35. The van der Waals surface area contributed by atoms with Gasteiger partial charge in [-0.1, -0.05) is 18.2 Å². The molecule has 0 aliphatic heterocycles. The van der Waals surface area contributed by atoms with Gasteiger partial charge >= 0.3 is 0 Å². The number of anilines is 2. The zero-order chi connectivity index (χ0) is 21.2. The quantitative estimate of drug-likeness (QED) is 0.367. The Morgan fingerprint density at radius 2 is 2.06 bits per heavy atom. The third kappa shape index (κ3) is 3.69. The summed E-state index contributed by atoms with van der Waals surface area (Å²) < 4.78 is 5.12. The molecule has 0 saturated carbocycles. The van der Waals surface area contributed by atoms with Gasteiger partial charge in [-0.05, 0) is 23.3 Å². The molecule has 3 N–H and O–H groups in total. The SMILES string of the molecule is Cn1cc(-c2cccc(CNn3ccc4c(Nc5nncn5CO)ncnc43)c2)cn1. The molecule has 0 aliphatic carbocycles. The van der Waals surface area contributed by atoms with Crippen LogP contribution in [0.5, 0.6) is 0 Å². The standard InChI is InChI=1S/C20H20N10O/c1-28-10-16(9-24-28)15-4-2-3-14(7-15)8-25-30-6-5-17-18(21-11-22-19(17)30)26-20-27-23-12-29(20)13-31/h2-7,9-12,25,31H,8,13H2,1H3,(H,21,22,26,27). The van der Waals surface area contributed by atoms with Gasteiger partial charge in [-0.15, -0.1) is 10.2 Å². The van der Waals surface area contributed by atoms with Gasteiger partial charge in [0.1, 0.15) is 25.2 Å². The van der Waals surface area contributed by atoms with E-state index < -0.39 is 0 Å². The molecule has 0 spiro atoms. The van der Waals surface area contributed by atoms with Crippen LogP contribution in [0.2, 0.25) is 0 Å². The van der Waals surface area contributed by atoms with Crippen LogP contribution in [0, 0.1) is 0 Å². The van der Waals surface area contributed by atoms with Crippen molar-refractivity contribution in [2.75, 3.05) is 10.7 Å². The minimum Gasteiger partial charge on any atom is -0.376 e. The average Bonchev–Trinajstić information content (AvgIpc) is 3.52. The largest absolute Gasteiger partial charge is 0.376 e. The molecule has 156 valence electrons. The van der Waals surface area contributed by atoms with Crippen molar-refractivity contribution in [2.24, 2.45) is 7.05 Å². The molecule has 1 aromatic carbocycles. The highest BCUT2D eigenvalue weighted by Crippen LogP contribution is 2.23.